The number of ketones is 2. The summed E-state index contributed by atoms with van der Waals surface area (Å²) in [5, 5.41) is 0. The molecule has 4 nitrogen and oxygen atoms in total. The maximum absolute atomic E-state index is 12.0. The van der Waals surface area contributed by atoms with E-state index >= 15 is 0 Å². The molecule has 1 unspecified atom stereocenters. The summed E-state index contributed by atoms with van der Waals surface area (Å²) < 4.78 is 4.80. The van der Waals surface area contributed by atoms with Gasteiger partial charge in [-0.25, -0.2) is 0 Å². The number of hydrogen-bond acceptors (Lipinski definition) is 4. The predicted octanol–water partition coefficient (Wildman–Crippen LogP) is 2.29. The van der Waals surface area contributed by atoms with E-state index in [2.05, 4.69) is 0 Å². The van der Waals surface area contributed by atoms with Crippen LogP contribution in [-0.2, 0) is 19.1 Å². The summed E-state index contributed by atoms with van der Waals surface area (Å²) >= 11 is 0. The number of esters is 1. The Kier molecular flexibility index (Phi) is 6.02. The largest absolute Gasteiger partial charge is 0.465 e. The topological polar surface area (TPSA) is 60.4 Å². The van der Waals surface area contributed by atoms with E-state index in [1.165, 1.54) is 13.3 Å². The lowest BCUT2D eigenvalue weighted by molar-refractivity contribution is -0.154. The first-order chi connectivity index (χ1) is 8.56. The van der Waals surface area contributed by atoms with Gasteiger partial charge in [0.05, 0.1) is 6.61 Å². The maximum atomic E-state index is 12.0. The molecule has 4 heteroatoms. The Balaban J connectivity index is 2.58. The Morgan fingerprint density at radius 1 is 1.17 bits per heavy atom. The van der Waals surface area contributed by atoms with Crippen molar-refractivity contribution in [3.8, 4) is 0 Å². The molecule has 1 fully saturated rings. The van der Waals surface area contributed by atoms with E-state index < -0.39 is 17.7 Å². The summed E-state index contributed by atoms with van der Waals surface area (Å²) in [6.07, 6.45) is 5.89. The Morgan fingerprint density at radius 2 is 1.78 bits per heavy atom. The van der Waals surface area contributed by atoms with Crippen molar-refractivity contribution >= 4 is 17.5 Å². The van der Waals surface area contributed by atoms with Crippen molar-refractivity contribution in [2.24, 2.45) is 11.8 Å². The highest BCUT2D eigenvalue weighted by molar-refractivity contribution is 6.16. The molecule has 18 heavy (non-hydrogen) atoms. The van der Waals surface area contributed by atoms with Crippen molar-refractivity contribution in [3.05, 3.63) is 0 Å². The van der Waals surface area contributed by atoms with Crippen LogP contribution >= 0.6 is 0 Å². The Hall–Kier alpha value is -1.19. The van der Waals surface area contributed by atoms with Gasteiger partial charge in [-0.3, -0.25) is 14.4 Å². The second kappa shape index (κ2) is 7.29. The average molecular weight is 254 g/mol. The van der Waals surface area contributed by atoms with Crippen LogP contribution in [0.4, 0.5) is 0 Å². The monoisotopic (exact) mass is 254 g/mol. The van der Waals surface area contributed by atoms with Gasteiger partial charge in [-0.05, 0) is 19.8 Å². The molecule has 1 aliphatic carbocycles. The summed E-state index contributed by atoms with van der Waals surface area (Å²) in [4.78, 5) is 35.1. The summed E-state index contributed by atoms with van der Waals surface area (Å²) in [6, 6.07) is 0. The molecular weight excluding hydrogens is 232 g/mol. The zero-order valence-corrected chi connectivity index (χ0v) is 11.2. The van der Waals surface area contributed by atoms with Gasteiger partial charge in [0.25, 0.3) is 0 Å². The second-order valence-corrected chi connectivity index (χ2v) is 4.97. The fraction of sp³-hybridized carbons (Fsp3) is 0.786. The first-order valence-corrected chi connectivity index (χ1v) is 6.76. The molecule has 0 amide bonds. The lowest BCUT2D eigenvalue weighted by Crippen LogP contribution is -2.33. The quantitative estimate of drug-likeness (QED) is 0.539. The third-order valence-electron chi connectivity index (χ3n) is 3.47. The van der Waals surface area contributed by atoms with Crippen molar-refractivity contribution in [3.63, 3.8) is 0 Å². The van der Waals surface area contributed by atoms with Gasteiger partial charge in [0, 0.05) is 6.42 Å². The molecule has 0 aliphatic heterocycles. The minimum absolute atomic E-state index is 0.194. The third-order valence-corrected chi connectivity index (χ3v) is 3.47. The second-order valence-electron chi connectivity index (χ2n) is 4.97. The molecule has 1 rings (SSSR count). The van der Waals surface area contributed by atoms with Crippen LogP contribution in [0.2, 0.25) is 0 Å². The Bertz CT molecular complexity index is 316. The normalized spacial score (nSPS) is 18.1. The fourth-order valence-electron chi connectivity index (χ4n) is 2.54. The summed E-state index contributed by atoms with van der Waals surface area (Å²) in [5.74, 6) is -2.23. The standard InChI is InChI=1S/C14H22O4/c1-3-18-14(17)13(10(2)15)12(16)9-11-7-5-4-6-8-11/h11,13H,3-9H2,1-2H3. The molecule has 1 aliphatic rings. The molecule has 0 aromatic heterocycles. The molecular formula is C14H22O4. The van der Waals surface area contributed by atoms with Gasteiger partial charge >= 0.3 is 5.97 Å². The van der Waals surface area contributed by atoms with Crippen LogP contribution in [-0.4, -0.2) is 24.1 Å². The van der Waals surface area contributed by atoms with E-state index in [0.717, 1.165) is 25.7 Å². The Morgan fingerprint density at radius 3 is 2.28 bits per heavy atom. The van der Waals surface area contributed by atoms with Crippen molar-refractivity contribution in [2.75, 3.05) is 6.61 Å². The zero-order chi connectivity index (χ0) is 13.5. The zero-order valence-electron chi connectivity index (χ0n) is 11.2. The number of rotatable bonds is 6. The number of hydrogen-bond donors (Lipinski definition) is 0. The van der Waals surface area contributed by atoms with E-state index in [1.54, 1.807) is 6.92 Å². The summed E-state index contributed by atoms with van der Waals surface area (Å²) in [7, 11) is 0. The lowest BCUT2D eigenvalue weighted by atomic mass is 9.83. The van der Waals surface area contributed by atoms with Gasteiger partial charge in [-0.1, -0.05) is 32.1 Å². The van der Waals surface area contributed by atoms with Crippen LogP contribution in [0, 0.1) is 11.8 Å². The van der Waals surface area contributed by atoms with E-state index in [1.807, 2.05) is 0 Å². The lowest BCUT2D eigenvalue weighted by Gasteiger charge is -2.22. The van der Waals surface area contributed by atoms with E-state index in [-0.39, 0.29) is 12.4 Å². The molecule has 0 N–H and O–H groups in total. The highest BCUT2D eigenvalue weighted by atomic mass is 16.5. The number of carbonyl (C=O) groups excluding carboxylic acids is 3. The molecule has 0 bridgehead atoms. The van der Waals surface area contributed by atoms with Crippen molar-refractivity contribution < 1.29 is 19.1 Å². The third kappa shape index (κ3) is 4.24. The van der Waals surface area contributed by atoms with Crippen LogP contribution in [0.5, 0.6) is 0 Å². The van der Waals surface area contributed by atoms with Crippen LogP contribution < -0.4 is 0 Å². The predicted molar refractivity (Wildman–Crippen MR) is 67.0 cm³/mol. The smallest absolute Gasteiger partial charge is 0.324 e. The van der Waals surface area contributed by atoms with Crippen molar-refractivity contribution in [1.82, 2.24) is 0 Å². The van der Waals surface area contributed by atoms with E-state index in [9.17, 15) is 14.4 Å². The van der Waals surface area contributed by atoms with Crippen LogP contribution in [0.1, 0.15) is 52.4 Å². The van der Waals surface area contributed by atoms with Gasteiger partial charge in [0.1, 0.15) is 0 Å². The van der Waals surface area contributed by atoms with Crippen LogP contribution in [0.25, 0.3) is 0 Å². The van der Waals surface area contributed by atoms with Gasteiger partial charge in [0.15, 0.2) is 17.5 Å². The van der Waals surface area contributed by atoms with E-state index in [0.29, 0.717) is 12.3 Å². The minimum Gasteiger partial charge on any atom is -0.465 e. The molecule has 0 aromatic rings. The molecule has 102 valence electrons. The van der Waals surface area contributed by atoms with Gasteiger partial charge < -0.3 is 4.74 Å². The Labute approximate surface area is 108 Å². The molecule has 1 atom stereocenters. The van der Waals surface area contributed by atoms with Crippen molar-refractivity contribution in [1.29, 1.82) is 0 Å². The average Bonchev–Trinajstić information content (AvgIpc) is 2.30. The van der Waals surface area contributed by atoms with Crippen LogP contribution in [0.3, 0.4) is 0 Å². The SMILES string of the molecule is CCOC(=O)C(C(C)=O)C(=O)CC1CCCCC1. The molecule has 0 saturated heterocycles. The minimum atomic E-state index is -1.20. The number of ether oxygens (including phenoxy) is 1. The molecule has 0 aromatic carbocycles. The fourth-order valence-corrected chi connectivity index (χ4v) is 2.54. The summed E-state index contributed by atoms with van der Waals surface area (Å²) in [6.45, 7) is 3.14. The number of carbonyl (C=O) groups is 3. The number of Topliss-reactive ketones (excluding diaryl/α,β-unsaturated/α-hetero) is 2. The highest BCUT2D eigenvalue weighted by Crippen LogP contribution is 2.27. The highest BCUT2D eigenvalue weighted by Gasteiger charge is 2.33. The van der Waals surface area contributed by atoms with Gasteiger partial charge in [-0.15, -0.1) is 0 Å². The maximum Gasteiger partial charge on any atom is 0.324 e. The first-order valence-electron chi connectivity index (χ1n) is 6.76. The molecule has 0 spiro atoms. The summed E-state index contributed by atoms with van der Waals surface area (Å²) in [5.41, 5.74) is 0. The van der Waals surface area contributed by atoms with Gasteiger partial charge in [-0.2, -0.15) is 0 Å². The molecule has 0 heterocycles. The van der Waals surface area contributed by atoms with Crippen molar-refractivity contribution in [2.45, 2.75) is 52.4 Å². The molecule has 0 radical (unpaired) electrons. The van der Waals surface area contributed by atoms with E-state index in [4.69, 9.17) is 4.74 Å². The van der Waals surface area contributed by atoms with Crippen LogP contribution in [0.15, 0.2) is 0 Å². The van der Waals surface area contributed by atoms with Gasteiger partial charge in [0.2, 0.25) is 0 Å². The molecule has 1 saturated carbocycles. The first kappa shape index (κ1) is 14.9.